The van der Waals surface area contributed by atoms with E-state index in [0.717, 1.165) is 44.9 Å². The lowest BCUT2D eigenvalue weighted by Gasteiger charge is -2.30. The molecule has 3 atom stereocenters. The van der Waals surface area contributed by atoms with E-state index < -0.39 is 20.0 Å². The van der Waals surface area contributed by atoms with E-state index in [0.29, 0.717) is 23.9 Å². The number of quaternary nitrogens is 1. The van der Waals surface area contributed by atoms with Crippen LogP contribution in [0.25, 0.3) is 0 Å². The fourth-order valence-corrected chi connectivity index (χ4v) is 6.73. The standard InChI is InChI=1S/C42H83N2O6P/c1-6-8-10-12-14-16-17-18-19-20-21-22-23-24-25-26-27-28-30-32-34-36-42(46)43-40(39-50-51(47,48)49-38-37-44(3,4)5)41(45)35-33-31-29-15-13-11-9-7-2/h17-18,20-21,40-41,45H,6-16,19,22-39H2,1-5H3,(H-,43,46,47,48)/b18-17-,21-20-. The normalized spacial score (nSPS) is 14.7. The number of allylic oxidation sites excluding steroid dienone is 4. The summed E-state index contributed by atoms with van der Waals surface area (Å²) in [5.74, 6) is -0.173. The number of rotatable bonds is 38. The second-order valence-corrected chi connectivity index (χ2v) is 17.1. The molecule has 0 aromatic rings. The highest BCUT2D eigenvalue weighted by atomic mass is 31.2. The molecule has 0 aliphatic carbocycles. The third kappa shape index (κ3) is 37.1. The number of phosphoric acid groups is 1. The lowest BCUT2D eigenvalue weighted by Crippen LogP contribution is -2.46. The van der Waals surface area contributed by atoms with E-state index >= 15 is 0 Å². The largest absolute Gasteiger partial charge is 0.756 e. The zero-order valence-electron chi connectivity index (χ0n) is 34.1. The number of hydrogen-bond donors (Lipinski definition) is 2. The summed E-state index contributed by atoms with van der Waals surface area (Å²) in [5.41, 5.74) is 0. The van der Waals surface area contributed by atoms with Crippen molar-refractivity contribution in [2.75, 3.05) is 40.9 Å². The highest BCUT2D eigenvalue weighted by Gasteiger charge is 2.24. The Hall–Kier alpha value is -1.02. The summed E-state index contributed by atoms with van der Waals surface area (Å²) in [6.07, 6.45) is 39.0. The van der Waals surface area contributed by atoms with Crippen molar-refractivity contribution in [2.45, 2.75) is 199 Å². The zero-order valence-corrected chi connectivity index (χ0v) is 35.0. The molecule has 51 heavy (non-hydrogen) atoms. The van der Waals surface area contributed by atoms with E-state index in [-0.39, 0.29) is 19.1 Å². The minimum atomic E-state index is -4.55. The van der Waals surface area contributed by atoms with Gasteiger partial charge in [-0.05, 0) is 44.9 Å². The van der Waals surface area contributed by atoms with Gasteiger partial charge in [-0.3, -0.25) is 9.36 Å². The van der Waals surface area contributed by atoms with Gasteiger partial charge in [0.1, 0.15) is 13.2 Å². The Kier molecular flexibility index (Phi) is 34.0. The quantitative estimate of drug-likeness (QED) is 0.0282. The predicted octanol–water partition coefficient (Wildman–Crippen LogP) is 10.7. The Balaban J connectivity index is 4.23. The average molecular weight is 743 g/mol. The molecule has 0 aromatic heterocycles. The van der Waals surface area contributed by atoms with Crippen molar-refractivity contribution in [1.82, 2.24) is 5.32 Å². The number of nitrogens with one attached hydrogen (secondary N) is 1. The number of phosphoric ester groups is 1. The van der Waals surface area contributed by atoms with Crippen molar-refractivity contribution in [1.29, 1.82) is 0 Å². The number of likely N-dealkylation sites (N-methyl/N-ethyl adjacent to an activating group) is 1. The number of carbonyl (C=O) groups excluding carboxylic acids is 1. The molecular formula is C42H83N2O6P. The molecule has 9 heteroatoms. The lowest BCUT2D eigenvalue weighted by atomic mass is 10.0. The Morgan fingerprint density at radius 1 is 0.686 bits per heavy atom. The van der Waals surface area contributed by atoms with E-state index in [4.69, 9.17) is 9.05 Å². The summed E-state index contributed by atoms with van der Waals surface area (Å²) < 4.78 is 23.1. The number of aliphatic hydroxyl groups excluding tert-OH is 1. The van der Waals surface area contributed by atoms with Gasteiger partial charge in [-0.25, -0.2) is 0 Å². The minimum Gasteiger partial charge on any atom is -0.756 e. The Morgan fingerprint density at radius 3 is 1.63 bits per heavy atom. The van der Waals surface area contributed by atoms with E-state index in [1.54, 1.807) is 0 Å². The number of unbranched alkanes of at least 4 members (excludes halogenated alkanes) is 21. The van der Waals surface area contributed by atoms with Gasteiger partial charge in [0.2, 0.25) is 5.91 Å². The highest BCUT2D eigenvalue weighted by molar-refractivity contribution is 7.45. The number of carbonyl (C=O) groups is 1. The van der Waals surface area contributed by atoms with Crippen LogP contribution in [0.15, 0.2) is 24.3 Å². The van der Waals surface area contributed by atoms with Crippen LogP contribution in [0.2, 0.25) is 0 Å². The fraction of sp³-hybridized carbons (Fsp3) is 0.881. The van der Waals surface area contributed by atoms with Crippen LogP contribution in [0.1, 0.15) is 187 Å². The molecule has 0 aliphatic heterocycles. The molecular weight excluding hydrogens is 659 g/mol. The van der Waals surface area contributed by atoms with Crippen molar-refractivity contribution in [2.24, 2.45) is 0 Å². The number of aliphatic hydroxyl groups is 1. The number of nitrogens with zero attached hydrogens (tertiary/aromatic N) is 1. The van der Waals surface area contributed by atoms with E-state index in [1.807, 2.05) is 21.1 Å². The molecule has 302 valence electrons. The molecule has 0 rings (SSSR count). The van der Waals surface area contributed by atoms with Crippen molar-refractivity contribution in [3.63, 3.8) is 0 Å². The zero-order chi connectivity index (χ0) is 37.9. The van der Waals surface area contributed by atoms with Crippen LogP contribution in [-0.4, -0.2) is 68.5 Å². The molecule has 0 aliphatic rings. The molecule has 0 fully saturated rings. The topological polar surface area (TPSA) is 108 Å². The molecule has 0 spiro atoms. The minimum absolute atomic E-state index is 0.0113. The summed E-state index contributed by atoms with van der Waals surface area (Å²) in [4.78, 5) is 25.2. The lowest BCUT2D eigenvalue weighted by molar-refractivity contribution is -0.870. The second kappa shape index (κ2) is 34.7. The molecule has 0 radical (unpaired) electrons. The molecule has 0 aromatic carbocycles. The van der Waals surface area contributed by atoms with E-state index in [2.05, 4.69) is 43.5 Å². The van der Waals surface area contributed by atoms with Gasteiger partial charge in [0.25, 0.3) is 7.82 Å². The van der Waals surface area contributed by atoms with Crippen molar-refractivity contribution >= 4 is 13.7 Å². The molecule has 3 unspecified atom stereocenters. The van der Waals surface area contributed by atoms with Crippen LogP contribution in [0.4, 0.5) is 0 Å². The third-order valence-electron chi connectivity index (χ3n) is 9.44. The van der Waals surface area contributed by atoms with Crippen molar-refractivity contribution in [3.8, 4) is 0 Å². The predicted molar refractivity (Wildman–Crippen MR) is 215 cm³/mol. The maximum Gasteiger partial charge on any atom is 0.268 e. The molecule has 0 saturated heterocycles. The van der Waals surface area contributed by atoms with Crippen molar-refractivity contribution < 1.29 is 32.9 Å². The van der Waals surface area contributed by atoms with Crippen LogP contribution in [0.5, 0.6) is 0 Å². The third-order valence-corrected chi connectivity index (χ3v) is 10.4. The molecule has 2 N–H and O–H groups in total. The molecule has 1 amide bonds. The first kappa shape index (κ1) is 50.0. The highest BCUT2D eigenvalue weighted by Crippen LogP contribution is 2.38. The number of hydrogen-bond acceptors (Lipinski definition) is 6. The van der Waals surface area contributed by atoms with E-state index in [9.17, 15) is 19.4 Å². The Labute approximate surface area is 315 Å². The van der Waals surface area contributed by atoms with Crippen LogP contribution < -0.4 is 10.2 Å². The van der Waals surface area contributed by atoms with Crippen LogP contribution in [-0.2, 0) is 18.4 Å². The van der Waals surface area contributed by atoms with Gasteiger partial charge in [0.05, 0.1) is 39.9 Å². The smallest absolute Gasteiger partial charge is 0.268 e. The molecule has 0 heterocycles. The van der Waals surface area contributed by atoms with E-state index in [1.165, 1.54) is 116 Å². The molecule has 0 bridgehead atoms. The SMILES string of the molecule is CCCCCCC/C=C\C/C=C\CCCCCCCCCCCC(=O)NC(COP(=O)([O-])OCC[N+](C)(C)C)C(O)CCCCCCCCCC. The summed E-state index contributed by atoms with van der Waals surface area (Å²) in [6.45, 7) is 4.66. The van der Waals surface area contributed by atoms with Gasteiger partial charge < -0.3 is 28.8 Å². The summed E-state index contributed by atoms with van der Waals surface area (Å²) >= 11 is 0. The first-order valence-electron chi connectivity index (χ1n) is 21.2. The van der Waals surface area contributed by atoms with Crippen LogP contribution in [0, 0.1) is 0 Å². The summed E-state index contributed by atoms with van der Waals surface area (Å²) in [6, 6.07) is -0.798. The van der Waals surface area contributed by atoms with Gasteiger partial charge in [-0.15, -0.1) is 0 Å². The maximum absolute atomic E-state index is 12.8. The molecule has 0 saturated carbocycles. The average Bonchev–Trinajstić information content (AvgIpc) is 3.07. The Morgan fingerprint density at radius 2 is 1.14 bits per heavy atom. The van der Waals surface area contributed by atoms with Crippen LogP contribution in [0.3, 0.4) is 0 Å². The monoisotopic (exact) mass is 743 g/mol. The summed E-state index contributed by atoms with van der Waals surface area (Å²) in [7, 11) is 1.30. The first-order valence-corrected chi connectivity index (χ1v) is 22.6. The first-order chi connectivity index (χ1) is 24.5. The van der Waals surface area contributed by atoms with Crippen LogP contribution >= 0.6 is 7.82 Å². The number of amides is 1. The van der Waals surface area contributed by atoms with Gasteiger partial charge in [-0.2, -0.15) is 0 Å². The maximum atomic E-state index is 12.8. The Bertz CT molecular complexity index is 891. The molecule has 8 nitrogen and oxygen atoms in total. The van der Waals surface area contributed by atoms with Gasteiger partial charge in [0.15, 0.2) is 0 Å². The second-order valence-electron chi connectivity index (χ2n) is 15.7. The fourth-order valence-electron chi connectivity index (χ4n) is 6.01. The van der Waals surface area contributed by atoms with Crippen molar-refractivity contribution in [3.05, 3.63) is 24.3 Å². The summed E-state index contributed by atoms with van der Waals surface area (Å²) in [5, 5.41) is 13.8. The van der Waals surface area contributed by atoms with Gasteiger partial charge >= 0.3 is 0 Å². The van der Waals surface area contributed by atoms with Gasteiger partial charge in [-0.1, -0.05) is 160 Å². The van der Waals surface area contributed by atoms with Gasteiger partial charge in [0, 0.05) is 6.42 Å².